The van der Waals surface area contributed by atoms with Gasteiger partial charge in [-0.3, -0.25) is 9.48 Å². The lowest BCUT2D eigenvalue weighted by atomic mass is 10.1. The average molecular weight is 325 g/mol. The number of carbonyl (C=O) groups is 1. The summed E-state index contributed by atoms with van der Waals surface area (Å²) in [5, 5.41) is 6.83. The zero-order valence-electron chi connectivity index (χ0n) is 12.7. The van der Waals surface area contributed by atoms with Crippen LogP contribution in [-0.4, -0.2) is 15.7 Å². The van der Waals surface area contributed by atoms with Crippen molar-refractivity contribution in [3.05, 3.63) is 53.9 Å². The van der Waals surface area contributed by atoms with Gasteiger partial charge >= 0.3 is 6.18 Å². The van der Waals surface area contributed by atoms with Crippen LogP contribution in [0.1, 0.15) is 36.9 Å². The van der Waals surface area contributed by atoms with Gasteiger partial charge in [0.1, 0.15) is 0 Å². The molecule has 2 rings (SSSR count). The Balaban J connectivity index is 1.81. The van der Waals surface area contributed by atoms with Gasteiger partial charge in [0, 0.05) is 25.4 Å². The number of carbonyl (C=O) groups excluding carboxylic acids is 1. The fourth-order valence-corrected chi connectivity index (χ4v) is 2.19. The Labute approximate surface area is 132 Å². The van der Waals surface area contributed by atoms with Crippen molar-refractivity contribution in [1.82, 2.24) is 15.1 Å². The van der Waals surface area contributed by atoms with Crippen LogP contribution in [0.2, 0.25) is 0 Å². The molecule has 23 heavy (non-hydrogen) atoms. The Bertz CT molecular complexity index is 621. The van der Waals surface area contributed by atoms with Crippen LogP contribution >= 0.6 is 0 Å². The van der Waals surface area contributed by atoms with Crippen LogP contribution in [0.4, 0.5) is 13.2 Å². The number of hydrogen-bond donors (Lipinski definition) is 1. The second kappa shape index (κ2) is 7.30. The Morgan fingerprint density at radius 3 is 2.57 bits per heavy atom. The Morgan fingerprint density at radius 1 is 1.30 bits per heavy atom. The summed E-state index contributed by atoms with van der Waals surface area (Å²) in [5.41, 5.74) is -0.0579. The Hall–Kier alpha value is -2.31. The summed E-state index contributed by atoms with van der Waals surface area (Å²) in [6, 6.07) is 6.29. The van der Waals surface area contributed by atoms with Gasteiger partial charge in [-0.05, 0) is 37.1 Å². The number of amides is 1. The predicted octanol–water partition coefficient (Wildman–Crippen LogP) is 3.56. The molecule has 1 heterocycles. The first-order chi connectivity index (χ1) is 10.9. The van der Waals surface area contributed by atoms with Gasteiger partial charge < -0.3 is 5.32 Å². The highest BCUT2D eigenvalue weighted by molar-refractivity contribution is 5.76. The first kappa shape index (κ1) is 17.1. The number of aryl methyl sites for hydroxylation is 1. The molecule has 1 amide bonds. The van der Waals surface area contributed by atoms with Gasteiger partial charge in [-0.1, -0.05) is 12.1 Å². The van der Waals surface area contributed by atoms with Crippen LogP contribution in [0.3, 0.4) is 0 Å². The fourth-order valence-electron chi connectivity index (χ4n) is 2.19. The monoisotopic (exact) mass is 325 g/mol. The molecule has 2 aromatic rings. The number of halogens is 3. The lowest BCUT2D eigenvalue weighted by Crippen LogP contribution is -2.26. The molecule has 0 aliphatic heterocycles. The van der Waals surface area contributed by atoms with E-state index in [2.05, 4.69) is 10.4 Å². The van der Waals surface area contributed by atoms with Crippen LogP contribution in [0, 0.1) is 0 Å². The molecule has 0 aliphatic carbocycles. The van der Waals surface area contributed by atoms with E-state index in [1.54, 1.807) is 17.8 Å². The smallest absolute Gasteiger partial charge is 0.350 e. The molecule has 1 aromatic heterocycles. The maximum absolute atomic E-state index is 12.5. The summed E-state index contributed by atoms with van der Waals surface area (Å²) >= 11 is 0. The molecular formula is C16H18F3N3O. The van der Waals surface area contributed by atoms with Crippen molar-refractivity contribution in [2.24, 2.45) is 0 Å². The second-order valence-corrected chi connectivity index (χ2v) is 5.28. The maximum atomic E-state index is 12.5. The van der Waals surface area contributed by atoms with Crippen molar-refractivity contribution in [1.29, 1.82) is 0 Å². The first-order valence-corrected chi connectivity index (χ1v) is 7.30. The lowest BCUT2D eigenvalue weighted by Gasteiger charge is -2.15. The topological polar surface area (TPSA) is 46.9 Å². The normalized spacial score (nSPS) is 12.9. The van der Waals surface area contributed by atoms with Crippen molar-refractivity contribution in [3.8, 4) is 0 Å². The maximum Gasteiger partial charge on any atom is 0.416 e. The van der Waals surface area contributed by atoms with Crippen molar-refractivity contribution >= 4 is 5.91 Å². The van der Waals surface area contributed by atoms with Gasteiger partial charge in [-0.15, -0.1) is 0 Å². The zero-order chi connectivity index (χ0) is 16.9. The van der Waals surface area contributed by atoms with Crippen molar-refractivity contribution in [3.63, 3.8) is 0 Å². The van der Waals surface area contributed by atoms with Crippen LogP contribution in [-0.2, 0) is 17.5 Å². The third-order valence-electron chi connectivity index (χ3n) is 3.47. The summed E-state index contributed by atoms with van der Waals surface area (Å²) in [7, 11) is 0. The standard InChI is InChI=1S/C16H18F3N3O/c1-12(13-5-7-14(8-6-13)16(17,18)19)21-15(23)4-2-10-22-11-3-9-20-22/h3,5-9,11-12H,2,4,10H2,1H3,(H,21,23). The van der Waals surface area contributed by atoms with E-state index in [9.17, 15) is 18.0 Å². The predicted molar refractivity (Wildman–Crippen MR) is 79.5 cm³/mol. The van der Waals surface area contributed by atoms with Crippen LogP contribution < -0.4 is 5.32 Å². The highest BCUT2D eigenvalue weighted by Crippen LogP contribution is 2.29. The van der Waals surface area contributed by atoms with Crippen LogP contribution in [0.5, 0.6) is 0 Å². The minimum absolute atomic E-state index is 0.135. The summed E-state index contributed by atoms with van der Waals surface area (Å²) in [5.74, 6) is -0.135. The number of hydrogen-bond acceptors (Lipinski definition) is 2. The third-order valence-corrected chi connectivity index (χ3v) is 3.47. The first-order valence-electron chi connectivity index (χ1n) is 7.30. The number of nitrogens with one attached hydrogen (secondary N) is 1. The number of alkyl halides is 3. The molecule has 0 bridgehead atoms. The van der Waals surface area contributed by atoms with Crippen molar-refractivity contribution in [2.75, 3.05) is 0 Å². The Morgan fingerprint density at radius 2 is 2.00 bits per heavy atom. The Kier molecular flexibility index (Phi) is 5.41. The van der Waals surface area contributed by atoms with E-state index in [1.807, 2.05) is 12.3 Å². The summed E-state index contributed by atoms with van der Waals surface area (Å²) in [4.78, 5) is 11.9. The minimum Gasteiger partial charge on any atom is -0.350 e. The molecule has 0 saturated carbocycles. The molecule has 124 valence electrons. The van der Waals surface area contributed by atoms with Gasteiger partial charge in [-0.2, -0.15) is 18.3 Å². The lowest BCUT2D eigenvalue weighted by molar-refractivity contribution is -0.137. The second-order valence-electron chi connectivity index (χ2n) is 5.28. The summed E-state index contributed by atoms with van der Waals surface area (Å²) in [6.07, 6.45) is 0.130. The van der Waals surface area contributed by atoms with E-state index in [0.717, 1.165) is 12.1 Å². The number of aromatic nitrogens is 2. The van der Waals surface area contributed by atoms with Gasteiger partial charge in [-0.25, -0.2) is 0 Å². The van der Waals surface area contributed by atoms with Gasteiger partial charge in [0.15, 0.2) is 0 Å². The quantitative estimate of drug-likeness (QED) is 0.883. The molecule has 0 radical (unpaired) electrons. The number of benzene rings is 1. The average Bonchev–Trinajstić information content (AvgIpc) is 2.99. The van der Waals surface area contributed by atoms with E-state index >= 15 is 0 Å². The fraction of sp³-hybridized carbons (Fsp3) is 0.375. The summed E-state index contributed by atoms with van der Waals surface area (Å²) < 4.78 is 39.3. The molecule has 1 N–H and O–H groups in total. The molecule has 0 aliphatic rings. The minimum atomic E-state index is -4.35. The SMILES string of the molecule is CC(NC(=O)CCCn1cccn1)c1ccc(C(F)(F)F)cc1. The van der Waals surface area contributed by atoms with E-state index < -0.39 is 11.7 Å². The van der Waals surface area contributed by atoms with Gasteiger partial charge in [0.05, 0.1) is 11.6 Å². The van der Waals surface area contributed by atoms with E-state index in [0.29, 0.717) is 24.9 Å². The van der Waals surface area contributed by atoms with Crippen LogP contribution in [0.25, 0.3) is 0 Å². The molecule has 0 spiro atoms. The summed E-state index contributed by atoms with van der Waals surface area (Å²) in [6.45, 7) is 2.39. The molecule has 0 saturated heterocycles. The number of rotatable bonds is 6. The van der Waals surface area contributed by atoms with Gasteiger partial charge in [0.25, 0.3) is 0 Å². The van der Waals surface area contributed by atoms with Crippen LogP contribution in [0.15, 0.2) is 42.7 Å². The molecular weight excluding hydrogens is 307 g/mol. The van der Waals surface area contributed by atoms with Crippen molar-refractivity contribution in [2.45, 2.75) is 38.5 Å². The highest BCUT2D eigenvalue weighted by Gasteiger charge is 2.30. The largest absolute Gasteiger partial charge is 0.416 e. The molecule has 4 nitrogen and oxygen atoms in total. The van der Waals surface area contributed by atoms with Gasteiger partial charge in [0.2, 0.25) is 5.91 Å². The zero-order valence-corrected chi connectivity index (χ0v) is 12.7. The van der Waals surface area contributed by atoms with Crippen molar-refractivity contribution < 1.29 is 18.0 Å². The third kappa shape index (κ3) is 5.12. The highest BCUT2D eigenvalue weighted by atomic mass is 19.4. The number of nitrogens with zero attached hydrogens (tertiary/aromatic N) is 2. The molecule has 1 aromatic carbocycles. The molecule has 1 atom stereocenters. The molecule has 0 fully saturated rings. The van der Waals surface area contributed by atoms with E-state index in [1.165, 1.54) is 12.1 Å². The molecule has 1 unspecified atom stereocenters. The van der Waals surface area contributed by atoms with E-state index in [4.69, 9.17) is 0 Å². The van der Waals surface area contributed by atoms with E-state index in [-0.39, 0.29) is 11.9 Å². The molecule has 7 heteroatoms.